The van der Waals surface area contributed by atoms with E-state index in [2.05, 4.69) is 5.10 Å². The van der Waals surface area contributed by atoms with Gasteiger partial charge in [-0.15, -0.1) is 0 Å². The summed E-state index contributed by atoms with van der Waals surface area (Å²) in [4.78, 5) is 0. The van der Waals surface area contributed by atoms with Crippen LogP contribution in [0, 0.1) is 6.92 Å². The van der Waals surface area contributed by atoms with Gasteiger partial charge in [0.2, 0.25) is 0 Å². The Morgan fingerprint density at radius 1 is 1.38 bits per heavy atom. The molecule has 4 nitrogen and oxygen atoms in total. The van der Waals surface area contributed by atoms with E-state index in [1.165, 1.54) is 0 Å². The highest BCUT2D eigenvalue weighted by Gasteiger charge is 2.11. The Hall–Kier alpha value is -1.97. The van der Waals surface area contributed by atoms with E-state index in [1.54, 1.807) is 11.8 Å². The van der Waals surface area contributed by atoms with Crippen LogP contribution in [0.4, 0.5) is 5.82 Å². The normalized spacial score (nSPS) is 10.4. The average Bonchev–Trinajstić information content (AvgIpc) is 2.53. The lowest BCUT2D eigenvalue weighted by Crippen LogP contribution is -1.95. The van der Waals surface area contributed by atoms with Crippen molar-refractivity contribution in [3.63, 3.8) is 0 Å². The summed E-state index contributed by atoms with van der Waals surface area (Å²) in [6.07, 6.45) is 0. The Morgan fingerprint density at radius 3 is 2.69 bits per heavy atom. The third kappa shape index (κ3) is 1.62. The van der Waals surface area contributed by atoms with Crippen LogP contribution in [0.2, 0.25) is 0 Å². The summed E-state index contributed by atoms with van der Waals surface area (Å²) in [7, 11) is 3.54. The molecule has 0 bridgehead atoms. The van der Waals surface area contributed by atoms with Crippen molar-refractivity contribution >= 4 is 5.82 Å². The van der Waals surface area contributed by atoms with E-state index in [1.807, 2.05) is 38.2 Å². The Bertz CT molecular complexity index is 517. The van der Waals surface area contributed by atoms with Crippen LogP contribution < -0.4 is 10.5 Å². The highest BCUT2D eigenvalue weighted by atomic mass is 16.5. The van der Waals surface area contributed by atoms with Crippen LogP contribution in [0.5, 0.6) is 5.75 Å². The van der Waals surface area contributed by atoms with Crippen molar-refractivity contribution in [1.82, 2.24) is 9.78 Å². The van der Waals surface area contributed by atoms with Crippen molar-refractivity contribution in [2.45, 2.75) is 6.92 Å². The van der Waals surface area contributed by atoms with Crippen LogP contribution in [0.15, 0.2) is 24.3 Å². The molecule has 0 radical (unpaired) electrons. The number of benzene rings is 1. The zero-order chi connectivity index (χ0) is 11.7. The predicted octanol–water partition coefficient (Wildman–Crippen LogP) is 1.99. The number of aryl methyl sites for hydroxylation is 1. The average molecular weight is 217 g/mol. The molecule has 0 aliphatic carbocycles. The maximum Gasteiger partial charge on any atom is 0.148 e. The molecule has 4 heteroatoms. The molecule has 1 aromatic carbocycles. The second-order valence-electron chi connectivity index (χ2n) is 3.71. The van der Waals surface area contributed by atoms with Crippen molar-refractivity contribution in [3.05, 3.63) is 29.8 Å². The minimum Gasteiger partial charge on any atom is -0.497 e. The van der Waals surface area contributed by atoms with E-state index in [0.717, 1.165) is 22.6 Å². The van der Waals surface area contributed by atoms with E-state index in [-0.39, 0.29) is 0 Å². The summed E-state index contributed by atoms with van der Waals surface area (Å²) in [5.74, 6) is 1.40. The van der Waals surface area contributed by atoms with Gasteiger partial charge in [0.15, 0.2) is 0 Å². The number of ether oxygens (including phenoxy) is 1. The molecule has 0 spiro atoms. The first-order chi connectivity index (χ1) is 7.63. The van der Waals surface area contributed by atoms with Gasteiger partial charge < -0.3 is 10.5 Å². The SMILES string of the molecule is COc1cccc(-c2c(C)c(N)nn2C)c1. The fraction of sp³-hybridized carbons (Fsp3) is 0.250. The molecule has 2 rings (SSSR count). The number of rotatable bonds is 2. The maximum atomic E-state index is 5.79. The van der Waals surface area contributed by atoms with Gasteiger partial charge in [-0.05, 0) is 19.1 Å². The quantitative estimate of drug-likeness (QED) is 0.836. The molecule has 1 heterocycles. The molecule has 2 N–H and O–H groups in total. The molecular weight excluding hydrogens is 202 g/mol. The maximum absolute atomic E-state index is 5.79. The van der Waals surface area contributed by atoms with Crippen LogP contribution in [-0.2, 0) is 7.05 Å². The summed E-state index contributed by atoms with van der Waals surface area (Å²) >= 11 is 0. The zero-order valence-electron chi connectivity index (χ0n) is 9.69. The highest BCUT2D eigenvalue weighted by molar-refractivity contribution is 5.69. The number of aromatic nitrogens is 2. The van der Waals surface area contributed by atoms with Crippen LogP contribution in [-0.4, -0.2) is 16.9 Å². The standard InChI is InChI=1S/C12H15N3O/c1-8-11(15(2)14-12(8)13)9-5-4-6-10(7-9)16-3/h4-7H,1-3H3,(H2,13,14). The molecule has 16 heavy (non-hydrogen) atoms. The Kier molecular flexibility index (Phi) is 2.56. The van der Waals surface area contributed by atoms with E-state index < -0.39 is 0 Å². The van der Waals surface area contributed by atoms with E-state index in [4.69, 9.17) is 10.5 Å². The molecule has 0 saturated carbocycles. The number of methoxy groups -OCH3 is 1. The lowest BCUT2D eigenvalue weighted by molar-refractivity contribution is 0.415. The molecule has 0 amide bonds. The summed E-state index contributed by atoms with van der Waals surface area (Å²) in [6, 6.07) is 7.87. The van der Waals surface area contributed by atoms with Crippen LogP contribution in [0.1, 0.15) is 5.56 Å². The third-order valence-corrected chi connectivity index (χ3v) is 2.66. The van der Waals surface area contributed by atoms with Crippen LogP contribution >= 0.6 is 0 Å². The molecule has 84 valence electrons. The molecule has 0 saturated heterocycles. The summed E-state index contributed by atoms with van der Waals surface area (Å²) < 4.78 is 6.99. The fourth-order valence-corrected chi connectivity index (χ4v) is 1.82. The van der Waals surface area contributed by atoms with Gasteiger partial charge in [0.25, 0.3) is 0 Å². The molecule has 0 aliphatic heterocycles. The van der Waals surface area contributed by atoms with E-state index in [9.17, 15) is 0 Å². The fourth-order valence-electron chi connectivity index (χ4n) is 1.82. The minimum absolute atomic E-state index is 0.570. The first-order valence-electron chi connectivity index (χ1n) is 5.07. The molecule has 1 aromatic heterocycles. The smallest absolute Gasteiger partial charge is 0.148 e. The monoisotopic (exact) mass is 217 g/mol. The molecular formula is C12H15N3O. The van der Waals surface area contributed by atoms with Crippen molar-refractivity contribution in [3.8, 4) is 17.0 Å². The van der Waals surface area contributed by atoms with Crippen molar-refractivity contribution in [1.29, 1.82) is 0 Å². The van der Waals surface area contributed by atoms with Gasteiger partial charge in [0, 0.05) is 18.2 Å². The molecule has 2 aromatic rings. The molecule has 0 atom stereocenters. The summed E-state index contributed by atoms with van der Waals surface area (Å²) in [6.45, 7) is 1.97. The lowest BCUT2D eigenvalue weighted by atomic mass is 10.1. The van der Waals surface area contributed by atoms with Gasteiger partial charge >= 0.3 is 0 Å². The van der Waals surface area contributed by atoms with Gasteiger partial charge in [-0.25, -0.2) is 0 Å². The number of hydrogen-bond donors (Lipinski definition) is 1. The van der Waals surface area contributed by atoms with Crippen molar-refractivity contribution in [2.24, 2.45) is 7.05 Å². The number of anilines is 1. The summed E-state index contributed by atoms with van der Waals surface area (Å²) in [5.41, 5.74) is 8.87. The number of nitrogens with two attached hydrogens (primary N) is 1. The Labute approximate surface area is 94.6 Å². The van der Waals surface area contributed by atoms with Crippen molar-refractivity contribution in [2.75, 3.05) is 12.8 Å². The van der Waals surface area contributed by atoms with Gasteiger partial charge in [-0.3, -0.25) is 4.68 Å². The Morgan fingerprint density at radius 2 is 2.12 bits per heavy atom. The van der Waals surface area contributed by atoms with E-state index >= 15 is 0 Å². The van der Waals surface area contributed by atoms with Gasteiger partial charge in [0.05, 0.1) is 12.8 Å². The molecule has 0 fully saturated rings. The van der Waals surface area contributed by atoms with Gasteiger partial charge in [-0.1, -0.05) is 12.1 Å². The van der Waals surface area contributed by atoms with Crippen LogP contribution in [0.3, 0.4) is 0 Å². The van der Waals surface area contributed by atoms with Crippen LogP contribution in [0.25, 0.3) is 11.3 Å². The molecule has 0 aliphatic rings. The third-order valence-electron chi connectivity index (χ3n) is 2.66. The minimum atomic E-state index is 0.570. The zero-order valence-corrected chi connectivity index (χ0v) is 9.69. The number of hydrogen-bond acceptors (Lipinski definition) is 3. The first kappa shape index (κ1) is 10.5. The lowest BCUT2D eigenvalue weighted by Gasteiger charge is -2.06. The first-order valence-corrected chi connectivity index (χ1v) is 5.07. The predicted molar refractivity (Wildman–Crippen MR) is 64.3 cm³/mol. The largest absolute Gasteiger partial charge is 0.497 e. The summed E-state index contributed by atoms with van der Waals surface area (Å²) in [5, 5.41) is 4.20. The highest BCUT2D eigenvalue weighted by Crippen LogP contribution is 2.28. The number of nitrogens with zero attached hydrogens (tertiary/aromatic N) is 2. The van der Waals surface area contributed by atoms with Gasteiger partial charge in [-0.2, -0.15) is 5.10 Å². The van der Waals surface area contributed by atoms with Gasteiger partial charge in [0.1, 0.15) is 11.6 Å². The number of nitrogen functional groups attached to an aromatic ring is 1. The second kappa shape index (κ2) is 3.89. The molecule has 0 unspecified atom stereocenters. The Balaban J connectivity index is 2.58. The second-order valence-corrected chi connectivity index (χ2v) is 3.71. The van der Waals surface area contributed by atoms with Crippen molar-refractivity contribution < 1.29 is 4.74 Å². The van der Waals surface area contributed by atoms with E-state index in [0.29, 0.717) is 5.82 Å². The topological polar surface area (TPSA) is 53.1 Å².